The van der Waals surface area contributed by atoms with E-state index in [1.54, 1.807) is 20.8 Å². The van der Waals surface area contributed by atoms with Crippen molar-refractivity contribution in [3.05, 3.63) is 0 Å². The van der Waals surface area contributed by atoms with Gasteiger partial charge in [0.25, 0.3) is 0 Å². The lowest BCUT2D eigenvalue weighted by Gasteiger charge is -2.27. The summed E-state index contributed by atoms with van der Waals surface area (Å²) in [6.45, 7) is 6.96. The Bertz CT molecular complexity index is 775. The molecule has 13 nitrogen and oxygen atoms in total. The lowest BCUT2D eigenvalue weighted by Crippen LogP contribution is -2.58. The van der Waals surface area contributed by atoms with Crippen LogP contribution in [0, 0.1) is 11.8 Å². The Morgan fingerprint density at radius 3 is 1.63 bits per heavy atom. The van der Waals surface area contributed by atoms with Crippen molar-refractivity contribution < 1.29 is 39.0 Å². The molecule has 0 radical (unpaired) electrons. The van der Waals surface area contributed by atoms with Crippen LogP contribution in [0.4, 0.5) is 0 Å². The number of aliphatic carboxylic acids is 2. The highest BCUT2D eigenvalue weighted by Crippen LogP contribution is 2.10. The molecule has 4 amide bonds. The molecule has 0 aromatic carbocycles. The molecule has 0 aromatic heterocycles. The smallest absolute Gasteiger partial charge is 0.326 e. The Kier molecular flexibility index (Phi) is 14.2. The van der Waals surface area contributed by atoms with Crippen LogP contribution in [-0.2, 0) is 28.8 Å². The van der Waals surface area contributed by atoms with Crippen molar-refractivity contribution >= 4 is 35.6 Å². The van der Waals surface area contributed by atoms with Gasteiger partial charge in [-0.3, -0.25) is 24.0 Å². The topological polar surface area (TPSA) is 231 Å². The van der Waals surface area contributed by atoms with Crippen molar-refractivity contribution in [1.29, 1.82) is 0 Å². The van der Waals surface area contributed by atoms with Gasteiger partial charge in [0.15, 0.2) is 0 Å². The summed E-state index contributed by atoms with van der Waals surface area (Å²) in [5.74, 6) is -6.24. The van der Waals surface area contributed by atoms with Crippen molar-refractivity contribution in [3.63, 3.8) is 0 Å². The summed E-state index contributed by atoms with van der Waals surface area (Å²) in [5, 5.41) is 25.6. The number of carboxylic acid groups (broad SMARTS) is 2. The molecule has 6 unspecified atom stereocenters. The maximum atomic E-state index is 13.0. The summed E-state index contributed by atoms with van der Waals surface area (Å²) in [6.07, 6.45) is -0.207. The van der Waals surface area contributed by atoms with Gasteiger partial charge in [-0.15, -0.1) is 0 Å². The lowest BCUT2D eigenvalue weighted by atomic mass is 9.98. The Morgan fingerprint density at radius 1 is 0.743 bits per heavy atom. The van der Waals surface area contributed by atoms with E-state index in [0.29, 0.717) is 12.8 Å². The molecule has 0 spiro atoms. The van der Waals surface area contributed by atoms with Gasteiger partial charge in [-0.2, -0.15) is 0 Å². The molecule has 0 aliphatic heterocycles. The standard InChI is InChI=1S/C22H39N5O8/c1-5-11(3)17(24)21(33)26-14(8-10-16(29)30)19(31)25-13(7-9-15(23)28)20(32)27-18(22(34)35)12(4)6-2/h11-14,17-18H,5-10,24H2,1-4H3,(H2,23,28)(H,25,31)(H,26,33)(H,27,32)(H,29,30)(H,34,35). The maximum absolute atomic E-state index is 13.0. The van der Waals surface area contributed by atoms with E-state index in [0.717, 1.165) is 0 Å². The quantitative estimate of drug-likeness (QED) is 0.130. The van der Waals surface area contributed by atoms with Crippen LogP contribution in [0.15, 0.2) is 0 Å². The van der Waals surface area contributed by atoms with Gasteiger partial charge in [0.2, 0.25) is 23.6 Å². The monoisotopic (exact) mass is 501 g/mol. The van der Waals surface area contributed by atoms with Crippen LogP contribution in [0.1, 0.15) is 66.2 Å². The maximum Gasteiger partial charge on any atom is 0.326 e. The molecular formula is C22H39N5O8. The number of carbonyl (C=O) groups excluding carboxylic acids is 4. The van der Waals surface area contributed by atoms with Crippen molar-refractivity contribution in [2.45, 2.75) is 90.4 Å². The van der Waals surface area contributed by atoms with Gasteiger partial charge in [-0.25, -0.2) is 4.79 Å². The largest absolute Gasteiger partial charge is 0.481 e. The summed E-state index contributed by atoms with van der Waals surface area (Å²) in [4.78, 5) is 72.2. The van der Waals surface area contributed by atoms with Crippen molar-refractivity contribution in [1.82, 2.24) is 16.0 Å². The fraction of sp³-hybridized carbons (Fsp3) is 0.727. The molecule has 0 rings (SSSR count). The number of nitrogens with two attached hydrogens (primary N) is 2. The number of carboxylic acids is 2. The molecule has 0 saturated carbocycles. The zero-order valence-electron chi connectivity index (χ0n) is 20.7. The van der Waals surface area contributed by atoms with E-state index in [9.17, 15) is 33.9 Å². The summed E-state index contributed by atoms with van der Waals surface area (Å²) in [7, 11) is 0. The number of amides is 4. The molecule has 6 atom stereocenters. The van der Waals surface area contributed by atoms with E-state index in [2.05, 4.69) is 16.0 Å². The third-order valence-corrected chi connectivity index (χ3v) is 5.93. The first-order valence-electron chi connectivity index (χ1n) is 11.6. The molecule has 13 heteroatoms. The SMILES string of the molecule is CCC(C)C(N)C(=O)NC(CCC(=O)O)C(=O)NC(CCC(N)=O)C(=O)NC(C(=O)O)C(C)CC. The van der Waals surface area contributed by atoms with Crippen LogP contribution < -0.4 is 27.4 Å². The molecule has 0 bridgehead atoms. The first kappa shape index (κ1) is 31.8. The normalized spacial score (nSPS) is 16.0. The third-order valence-electron chi connectivity index (χ3n) is 5.93. The van der Waals surface area contributed by atoms with Crippen LogP contribution >= 0.6 is 0 Å². The number of rotatable bonds is 17. The number of primary amides is 1. The minimum atomic E-state index is -1.35. The fourth-order valence-corrected chi connectivity index (χ4v) is 3.08. The van der Waals surface area contributed by atoms with Crippen LogP contribution in [0.3, 0.4) is 0 Å². The summed E-state index contributed by atoms with van der Waals surface area (Å²) in [5.41, 5.74) is 11.1. The molecule has 200 valence electrons. The molecular weight excluding hydrogens is 462 g/mol. The zero-order valence-corrected chi connectivity index (χ0v) is 20.7. The van der Waals surface area contributed by atoms with Crippen molar-refractivity contribution in [2.24, 2.45) is 23.3 Å². The summed E-state index contributed by atoms with van der Waals surface area (Å²) in [6, 6.07) is -4.87. The molecule has 9 N–H and O–H groups in total. The average Bonchev–Trinajstić information content (AvgIpc) is 2.79. The van der Waals surface area contributed by atoms with Crippen molar-refractivity contribution in [3.8, 4) is 0 Å². The van der Waals surface area contributed by atoms with Gasteiger partial charge in [0.1, 0.15) is 18.1 Å². The number of carbonyl (C=O) groups is 6. The van der Waals surface area contributed by atoms with E-state index < -0.39 is 72.1 Å². The Morgan fingerprint density at radius 2 is 1.20 bits per heavy atom. The van der Waals surface area contributed by atoms with E-state index >= 15 is 0 Å². The van der Waals surface area contributed by atoms with Crippen molar-refractivity contribution in [2.75, 3.05) is 0 Å². The molecule has 0 saturated heterocycles. The average molecular weight is 502 g/mol. The number of nitrogens with one attached hydrogen (secondary N) is 3. The molecule has 0 aliphatic carbocycles. The molecule has 0 aromatic rings. The van der Waals surface area contributed by atoms with Gasteiger partial charge in [-0.1, -0.05) is 40.5 Å². The second-order valence-corrected chi connectivity index (χ2v) is 8.68. The minimum Gasteiger partial charge on any atom is -0.481 e. The molecule has 35 heavy (non-hydrogen) atoms. The number of hydrogen-bond acceptors (Lipinski definition) is 7. The van der Waals surface area contributed by atoms with E-state index in [4.69, 9.17) is 16.6 Å². The first-order chi connectivity index (χ1) is 16.2. The Labute approximate surface area is 204 Å². The predicted molar refractivity (Wildman–Crippen MR) is 126 cm³/mol. The van der Waals surface area contributed by atoms with Gasteiger partial charge >= 0.3 is 11.9 Å². The summed E-state index contributed by atoms with van der Waals surface area (Å²) >= 11 is 0. The second-order valence-electron chi connectivity index (χ2n) is 8.68. The third kappa shape index (κ3) is 11.7. The van der Waals surface area contributed by atoms with E-state index in [1.165, 1.54) is 0 Å². The van der Waals surface area contributed by atoms with Crippen LogP contribution in [0.2, 0.25) is 0 Å². The van der Waals surface area contributed by atoms with Gasteiger partial charge in [0.05, 0.1) is 6.04 Å². The summed E-state index contributed by atoms with van der Waals surface area (Å²) < 4.78 is 0. The Balaban J connectivity index is 5.72. The Hall–Kier alpha value is -3.22. The fourth-order valence-electron chi connectivity index (χ4n) is 3.08. The highest BCUT2D eigenvalue weighted by atomic mass is 16.4. The van der Waals surface area contributed by atoms with E-state index in [1.807, 2.05) is 6.92 Å². The molecule has 0 aliphatic rings. The van der Waals surface area contributed by atoms with Crippen LogP contribution in [0.5, 0.6) is 0 Å². The lowest BCUT2D eigenvalue weighted by molar-refractivity contribution is -0.144. The highest BCUT2D eigenvalue weighted by molar-refractivity contribution is 5.94. The second kappa shape index (κ2) is 15.6. The van der Waals surface area contributed by atoms with E-state index in [-0.39, 0.29) is 25.2 Å². The van der Waals surface area contributed by atoms with Crippen LogP contribution in [-0.4, -0.2) is 69.9 Å². The van der Waals surface area contributed by atoms with Gasteiger partial charge in [0, 0.05) is 12.8 Å². The number of hydrogen-bond donors (Lipinski definition) is 7. The minimum absolute atomic E-state index is 0.208. The molecule has 0 fully saturated rings. The first-order valence-corrected chi connectivity index (χ1v) is 11.6. The molecule has 0 heterocycles. The zero-order chi connectivity index (χ0) is 27.3. The van der Waals surface area contributed by atoms with Crippen LogP contribution in [0.25, 0.3) is 0 Å². The predicted octanol–water partition coefficient (Wildman–Crippen LogP) is -0.925. The highest BCUT2D eigenvalue weighted by Gasteiger charge is 2.32. The van der Waals surface area contributed by atoms with Gasteiger partial charge in [-0.05, 0) is 24.7 Å². The van der Waals surface area contributed by atoms with Gasteiger partial charge < -0.3 is 37.6 Å².